The Balaban J connectivity index is 1.29. The molecule has 0 saturated carbocycles. The Bertz CT molecular complexity index is 1010. The summed E-state index contributed by atoms with van der Waals surface area (Å²) in [5, 5.41) is 3.28. The lowest BCUT2D eigenvalue weighted by molar-refractivity contribution is 0.0974. The number of anilines is 1. The summed E-state index contributed by atoms with van der Waals surface area (Å²) >= 11 is 0. The Kier molecular flexibility index (Phi) is 11.8. The van der Waals surface area contributed by atoms with Gasteiger partial charge < -0.3 is 10.1 Å². The normalized spacial score (nSPS) is 13.2. The van der Waals surface area contributed by atoms with Crippen LogP contribution in [0.1, 0.15) is 112 Å². The van der Waals surface area contributed by atoms with Crippen LogP contribution in [0.3, 0.4) is 0 Å². The molecule has 1 N–H and O–H groups in total. The summed E-state index contributed by atoms with van der Waals surface area (Å²) in [5.41, 5.74) is 2.94. The third-order valence-electron chi connectivity index (χ3n) is 7.07. The quantitative estimate of drug-likeness (QED) is 0.226. The van der Waals surface area contributed by atoms with E-state index in [-0.39, 0.29) is 11.6 Å². The first-order valence-electron chi connectivity index (χ1n) is 14.0. The van der Waals surface area contributed by atoms with Crippen molar-refractivity contribution in [1.29, 1.82) is 0 Å². The molecular formula is C32H43NO3. The maximum atomic E-state index is 12.9. The van der Waals surface area contributed by atoms with E-state index in [2.05, 4.69) is 12.2 Å². The second-order valence-electron chi connectivity index (χ2n) is 9.92. The van der Waals surface area contributed by atoms with Crippen molar-refractivity contribution in [1.82, 2.24) is 0 Å². The van der Waals surface area contributed by atoms with Gasteiger partial charge in [-0.05, 0) is 37.6 Å². The highest BCUT2D eigenvalue weighted by Crippen LogP contribution is 2.26. The lowest BCUT2D eigenvalue weighted by Crippen LogP contribution is -2.25. The second-order valence-corrected chi connectivity index (χ2v) is 9.92. The first-order chi connectivity index (χ1) is 17.6. The number of hydrogen-bond donors (Lipinski definition) is 1. The van der Waals surface area contributed by atoms with Gasteiger partial charge in [0.2, 0.25) is 0 Å². The summed E-state index contributed by atoms with van der Waals surface area (Å²) < 4.78 is 5.90. The Hall–Kier alpha value is -2.88. The summed E-state index contributed by atoms with van der Waals surface area (Å²) in [5.74, 6) is 0.720. The fourth-order valence-corrected chi connectivity index (χ4v) is 4.76. The van der Waals surface area contributed by atoms with Crippen LogP contribution in [0.5, 0.6) is 5.75 Å². The van der Waals surface area contributed by atoms with E-state index in [1.165, 1.54) is 70.6 Å². The predicted molar refractivity (Wildman–Crippen MR) is 149 cm³/mol. The Morgan fingerprint density at radius 3 is 1.78 bits per heavy atom. The molecule has 0 radical (unpaired) electrons. The molecule has 3 rings (SSSR count). The van der Waals surface area contributed by atoms with Crippen molar-refractivity contribution < 1.29 is 14.3 Å². The molecule has 2 aromatic rings. The highest BCUT2D eigenvalue weighted by molar-refractivity contribution is 6.27. The topological polar surface area (TPSA) is 55.4 Å². The second kappa shape index (κ2) is 15.3. The third kappa shape index (κ3) is 8.36. The summed E-state index contributed by atoms with van der Waals surface area (Å²) in [6, 6.07) is 14.9. The van der Waals surface area contributed by atoms with Gasteiger partial charge in [-0.1, -0.05) is 102 Å². The van der Waals surface area contributed by atoms with Crippen LogP contribution in [0.25, 0.3) is 0 Å². The number of hydrogen-bond acceptors (Lipinski definition) is 4. The minimum Gasteiger partial charge on any atom is -0.494 e. The van der Waals surface area contributed by atoms with Crippen LogP contribution < -0.4 is 10.1 Å². The van der Waals surface area contributed by atoms with Gasteiger partial charge >= 0.3 is 0 Å². The SMILES string of the molecule is CCCCCCCCCCCCCCOc1ccc(NCC2=C(C)C(=O)c3ccccc3C2=O)cc1. The Labute approximate surface area is 217 Å². The van der Waals surface area contributed by atoms with Crippen molar-refractivity contribution in [3.63, 3.8) is 0 Å². The molecule has 0 aromatic heterocycles. The largest absolute Gasteiger partial charge is 0.494 e. The number of unbranched alkanes of at least 4 members (excludes halogenated alkanes) is 11. The van der Waals surface area contributed by atoms with Gasteiger partial charge in [-0.3, -0.25) is 9.59 Å². The van der Waals surface area contributed by atoms with Crippen molar-refractivity contribution in [3.8, 4) is 5.75 Å². The number of ketones is 2. The number of carbonyl (C=O) groups excluding carboxylic acids is 2. The van der Waals surface area contributed by atoms with E-state index in [0.717, 1.165) is 24.5 Å². The van der Waals surface area contributed by atoms with Crippen molar-refractivity contribution in [2.45, 2.75) is 90.9 Å². The third-order valence-corrected chi connectivity index (χ3v) is 7.07. The molecule has 0 aliphatic heterocycles. The molecular weight excluding hydrogens is 446 g/mol. The molecule has 1 aliphatic rings. The first-order valence-corrected chi connectivity index (χ1v) is 14.0. The zero-order chi connectivity index (χ0) is 25.6. The van der Waals surface area contributed by atoms with Gasteiger partial charge in [0.15, 0.2) is 11.6 Å². The minimum atomic E-state index is -0.0717. The molecule has 0 unspecified atom stereocenters. The number of carbonyl (C=O) groups is 2. The lowest BCUT2D eigenvalue weighted by Gasteiger charge is -2.19. The molecule has 0 spiro atoms. The number of ether oxygens (including phenoxy) is 1. The van der Waals surface area contributed by atoms with Crippen molar-refractivity contribution in [2.75, 3.05) is 18.5 Å². The highest BCUT2D eigenvalue weighted by atomic mass is 16.5. The number of nitrogens with one attached hydrogen (secondary N) is 1. The van der Waals surface area contributed by atoms with E-state index >= 15 is 0 Å². The summed E-state index contributed by atoms with van der Waals surface area (Å²) in [6.45, 7) is 5.07. The summed E-state index contributed by atoms with van der Waals surface area (Å²) in [4.78, 5) is 25.5. The van der Waals surface area contributed by atoms with Crippen LogP contribution in [-0.4, -0.2) is 24.7 Å². The molecule has 0 atom stereocenters. The van der Waals surface area contributed by atoms with Crippen LogP contribution in [0.2, 0.25) is 0 Å². The molecule has 194 valence electrons. The number of benzene rings is 2. The fourth-order valence-electron chi connectivity index (χ4n) is 4.76. The van der Waals surface area contributed by atoms with E-state index in [4.69, 9.17) is 4.74 Å². The lowest BCUT2D eigenvalue weighted by atomic mass is 9.84. The van der Waals surface area contributed by atoms with Crippen molar-refractivity contribution >= 4 is 17.3 Å². The maximum absolute atomic E-state index is 12.9. The van der Waals surface area contributed by atoms with Gasteiger partial charge in [0, 0.05) is 34.5 Å². The van der Waals surface area contributed by atoms with Gasteiger partial charge in [0.25, 0.3) is 0 Å². The molecule has 0 heterocycles. The minimum absolute atomic E-state index is 0.0662. The standard InChI is InChI=1S/C32H43NO3/c1-3-4-5-6-7-8-9-10-11-12-13-16-23-36-27-21-19-26(20-22-27)33-24-30-25(2)31(34)28-17-14-15-18-29(28)32(30)35/h14-15,17-22,33H,3-13,16,23-24H2,1-2H3. The van der Waals surface area contributed by atoms with Crippen LogP contribution in [0.15, 0.2) is 59.7 Å². The zero-order valence-electron chi connectivity index (χ0n) is 22.2. The molecule has 1 aliphatic carbocycles. The van der Waals surface area contributed by atoms with E-state index < -0.39 is 0 Å². The maximum Gasteiger partial charge on any atom is 0.191 e. The molecule has 36 heavy (non-hydrogen) atoms. The molecule has 0 amide bonds. The molecule has 0 saturated heterocycles. The summed E-state index contributed by atoms with van der Waals surface area (Å²) in [6.07, 6.45) is 16.0. The monoisotopic (exact) mass is 489 g/mol. The zero-order valence-corrected chi connectivity index (χ0v) is 22.2. The number of Topliss-reactive ketones (excluding diaryl/α,β-unsaturated/α-hetero) is 2. The van der Waals surface area contributed by atoms with Crippen molar-refractivity contribution in [2.24, 2.45) is 0 Å². The van der Waals surface area contributed by atoms with E-state index in [1.807, 2.05) is 24.3 Å². The van der Waals surface area contributed by atoms with Gasteiger partial charge in [-0.2, -0.15) is 0 Å². The fraction of sp³-hybridized carbons (Fsp3) is 0.500. The highest BCUT2D eigenvalue weighted by Gasteiger charge is 2.29. The molecule has 4 heteroatoms. The molecule has 2 aromatic carbocycles. The van der Waals surface area contributed by atoms with E-state index in [9.17, 15) is 9.59 Å². The van der Waals surface area contributed by atoms with E-state index in [0.29, 0.717) is 28.8 Å². The predicted octanol–water partition coefficient (Wildman–Crippen LogP) is 8.57. The average molecular weight is 490 g/mol. The van der Waals surface area contributed by atoms with Gasteiger partial charge in [-0.25, -0.2) is 0 Å². The van der Waals surface area contributed by atoms with Gasteiger partial charge in [0.1, 0.15) is 5.75 Å². The van der Waals surface area contributed by atoms with Crippen LogP contribution in [-0.2, 0) is 0 Å². The number of rotatable bonds is 17. The smallest absolute Gasteiger partial charge is 0.191 e. The number of fused-ring (bicyclic) bond motifs is 1. The molecule has 0 fully saturated rings. The van der Waals surface area contributed by atoms with Crippen LogP contribution >= 0.6 is 0 Å². The van der Waals surface area contributed by atoms with Crippen LogP contribution in [0.4, 0.5) is 5.69 Å². The first kappa shape index (κ1) is 27.7. The molecule has 0 bridgehead atoms. The molecule has 4 nitrogen and oxygen atoms in total. The van der Waals surface area contributed by atoms with Gasteiger partial charge in [0.05, 0.1) is 6.61 Å². The van der Waals surface area contributed by atoms with E-state index in [1.54, 1.807) is 31.2 Å². The summed E-state index contributed by atoms with van der Waals surface area (Å²) in [7, 11) is 0. The van der Waals surface area contributed by atoms with Crippen LogP contribution in [0, 0.1) is 0 Å². The number of allylic oxidation sites excluding steroid dienone is 1. The van der Waals surface area contributed by atoms with Gasteiger partial charge in [-0.15, -0.1) is 0 Å². The average Bonchev–Trinajstić information content (AvgIpc) is 2.91. The Morgan fingerprint density at radius 2 is 1.19 bits per heavy atom. The Morgan fingerprint density at radius 1 is 0.667 bits per heavy atom. The van der Waals surface area contributed by atoms with Crippen molar-refractivity contribution in [3.05, 3.63) is 70.8 Å².